The zero-order valence-corrected chi connectivity index (χ0v) is 18.1. The van der Waals surface area contributed by atoms with Gasteiger partial charge >= 0.3 is 6.03 Å². The molecule has 1 saturated carbocycles. The first kappa shape index (κ1) is 22.9. The maximum Gasteiger partial charge on any atom is 0.324 e. The number of hydrogen-bond donors (Lipinski definition) is 3. The zero-order chi connectivity index (χ0) is 18.1. The summed E-state index contributed by atoms with van der Waals surface area (Å²) in [6.45, 7) is 5.35. The van der Waals surface area contributed by atoms with E-state index in [1.54, 1.807) is 7.05 Å². The van der Waals surface area contributed by atoms with Crippen LogP contribution < -0.4 is 16.0 Å². The minimum atomic E-state index is -0.324. The molecule has 0 spiro atoms. The van der Waals surface area contributed by atoms with Gasteiger partial charge < -0.3 is 20.7 Å². The highest BCUT2D eigenvalue weighted by Crippen LogP contribution is 2.40. The molecule has 1 aliphatic heterocycles. The Balaban J connectivity index is 0.00000338. The zero-order valence-electron chi connectivity index (χ0n) is 15.8. The number of carbonyl (C=O) groups excluding carboxylic acids is 2. The van der Waals surface area contributed by atoms with E-state index >= 15 is 0 Å². The van der Waals surface area contributed by atoms with Crippen molar-refractivity contribution in [2.45, 2.75) is 39.0 Å². The molecular weight excluding hydrogens is 449 g/mol. The molecule has 3 amide bonds. The second kappa shape index (κ2) is 11.6. The molecule has 1 saturated heterocycles. The van der Waals surface area contributed by atoms with Gasteiger partial charge in [-0.3, -0.25) is 14.7 Å². The average molecular weight is 481 g/mol. The van der Waals surface area contributed by atoms with Crippen LogP contribution in [0.15, 0.2) is 4.99 Å². The highest BCUT2D eigenvalue weighted by Gasteiger charge is 2.33. The number of hydrogen-bond acceptors (Lipinski definition) is 4. The molecular formula is C17H32IN5O3. The molecule has 2 aliphatic rings. The van der Waals surface area contributed by atoms with Gasteiger partial charge in [0.2, 0.25) is 5.91 Å². The summed E-state index contributed by atoms with van der Waals surface area (Å²) < 4.78 is 5.55. The van der Waals surface area contributed by atoms with E-state index in [0.29, 0.717) is 19.0 Å². The van der Waals surface area contributed by atoms with Crippen molar-refractivity contribution in [2.24, 2.45) is 10.4 Å². The van der Waals surface area contributed by atoms with E-state index in [2.05, 4.69) is 20.9 Å². The van der Waals surface area contributed by atoms with Crippen molar-refractivity contribution in [3.8, 4) is 0 Å². The van der Waals surface area contributed by atoms with Crippen LogP contribution in [0, 0.1) is 5.41 Å². The molecule has 0 radical (unpaired) electrons. The molecule has 1 aliphatic carbocycles. The molecule has 0 unspecified atom stereocenters. The molecule has 0 aromatic rings. The number of amides is 3. The van der Waals surface area contributed by atoms with Crippen LogP contribution in [0.1, 0.15) is 39.0 Å². The normalized spacial score (nSPS) is 19.3. The van der Waals surface area contributed by atoms with Crippen LogP contribution in [0.5, 0.6) is 0 Å². The Labute approximate surface area is 172 Å². The van der Waals surface area contributed by atoms with Gasteiger partial charge in [0.15, 0.2) is 5.96 Å². The second-order valence-corrected chi connectivity index (χ2v) is 6.71. The Morgan fingerprint density at radius 2 is 2.04 bits per heavy atom. The third kappa shape index (κ3) is 6.57. The van der Waals surface area contributed by atoms with Gasteiger partial charge in [-0.2, -0.15) is 0 Å². The van der Waals surface area contributed by atoms with Crippen molar-refractivity contribution in [3.63, 3.8) is 0 Å². The monoisotopic (exact) mass is 481 g/mol. The van der Waals surface area contributed by atoms with Crippen LogP contribution in [0.3, 0.4) is 0 Å². The van der Waals surface area contributed by atoms with E-state index in [9.17, 15) is 9.59 Å². The summed E-state index contributed by atoms with van der Waals surface area (Å²) in [5, 5.41) is 9.10. The first-order chi connectivity index (χ1) is 12.1. The highest BCUT2D eigenvalue weighted by molar-refractivity contribution is 14.0. The van der Waals surface area contributed by atoms with Gasteiger partial charge in [-0.25, -0.2) is 4.79 Å². The predicted molar refractivity (Wildman–Crippen MR) is 112 cm³/mol. The van der Waals surface area contributed by atoms with Gasteiger partial charge in [0, 0.05) is 39.9 Å². The number of urea groups is 1. The number of aliphatic imine (C=N–C) groups is 1. The topological polar surface area (TPSA) is 95.1 Å². The fraction of sp³-hybridized carbons (Fsp3) is 0.824. The Bertz CT molecular complexity index is 479. The van der Waals surface area contributed by atoms with Gasteiger partial charge in [0.25, 0.3) is 0 Å². The first-order valence-electron chi connectivity index (χ1n) is 9.21. The SMILES string of the molecule is CCOCCC1(CNC(=NC)NCCN2C(=O)CNC2=O)CCCC1.I. The number of halogens is 1. The Kier molecular flexibility index (Phi) is 10.2. The Hall–Kier alpha value is -1.10. The summed E-state index contributed by atoms with van der Waals surface area (Å²) in [5.41, 5.74) is 0.275. The van der Waals surface area contributed by atoms with E-state index in [0.717, 1.165) is 26.2 Å². The first-order valence-corrected chi connectivity index (χ1v) is 9.21. The molecule has 0 aromatic heterocycles. The maximum absolute atomic E-state index is 11.6. The van der Waals surface area contributed by atoms with Crippen molar-refractivity contribution in [1.29, 1.82) is 0 Å². The van der Waals surface area contributed by atoms with Gasteiger partial charge in [-0.15, -0.1) is 24.0 Å². The molecule has 3 N–H and O–H groups in total. The third-order valence-electron chi connectivity index (χ3n) is 5.06. The molecule has 0 aromatic carbocycles. The lowest BCUT2D eigenvalue weighted by Gasteiger charge is -2.30. The number of rotatable bonds is 9. The van der Waals surface area contributed by atoms with Crippen LogP contribution in [-0.2, 0) is 9.53 Å². The summed E-state index contributed by atoms with van der Waals surface area (Å²) in [6, 6.07) is -0.324. The summed E-state index contributed by atoms with van der Waals surface area (Å²) in [5.74, 6) is 0.519. The number of carbonyl (C=O) groups is 2. The number of imide groups is 1. The van der Waals surface area contributed by atoms with Gasteiger partial charge in [-0.05, 0) is 31.6 Å². The second-order valence-electron chi connectivity index (χ2n) is 6.71. The van der Waals surface area contributed by atoms with Crippen LogP contribution in [0.2, 0.25) is 0 Å². The summed E-state index contributed by atoms with van der Waals surface area (Å²) in [6.07, 6.45) is 6.03. The Morgan fingerprint density at radius 1 is 1.31 bits per heavy atom. The van der Waals surface area contributed by atoms with Gasteiger partial charge in [0.05, 0.1) is 6.54 Å². The van der Waals surface area contributed by atoms with Crippen molar-refractivity contribution < 1.29 is 14.3 Å². The molecule has 150 valence electrons. The summed E-state index contributed by atoms with van der Waals surface area (Å²) in [7, 11) is 1.73. The minimum Gasteiger partial charge on any atom is -0.382 e. The molecule has 2 fully saturated rings. The predicted octanol–water partition coefficient (Wildman–Crippen LogP) is 1.31. The van der Waals surface area contributed by atoms with E-state index in [1.807, 2.05) is 6.92 Å². The smallest absolute Gasteiger partial charge is 0.324 e. The molecule has 0 atom stereocenters. The quantitative estimate of drug-likeness (QED) is 0.152. The van der Waals surface area contributed by atoms with Gasteiger partial charge in [-0.1, -0.05) is 12.8 Å². The van der Waals surface area contributed by atoms with Crippen molar-refractivity contribution >= 4 is 41.9 Å². The van der Waals surface area contributed by atoms with Crippen molar-refractivity contribution in [3.05, 3.63) is 0 Å². The van der Waals surface area contributed by atoms with Gasteiger partial charge in [0.1, 0.15) is 0 Å². The van der Waals surface area contributed by atoms with Crippen molar-refractivity contribution in [1.82, 2.24) is 20.9 Å². The largest absolute Gasteiger partial charge is 0.382 e. The van der Waals surface area contributed by atoms with Crippen LogP contribution in [-0.4, -0.2) is 69.2 Å². The van der Waals surface area contributed by atoms with Crippen LogP contribution >= 0.6 is 24.0 Å². The standard InChI is InChI=1S/C17H31N5O3.HI/c1-3-25-11-8-17(6-4-5-7-17)13-21-15(18-2)19-9-10-22-14(23)12-20-16(22)24;/h3-13H2,1-2H3,(H,20,24)(H2,18,19,21);1H. The fourth-order valence-corrected chi connectivity index (χ4v) is 3.53. The van der Waals surface area contributed by atoms with E-state index in [-0.39, 0.29) is 47.9 Å². The van der Waals surface area contributed by atoms with E-state index < -0.39 is 0 Å². The van der Waals surface area contributed by atoms with E-state index in [4.69, 9.17) is 4.74 Å². The number of guanidine groups is 1. The lowest BCUT2D eigenvalue weighted by atomic mass is 9.83. The lowest BCUT2D eigenvalue weighted by molar-refractivity contribution is -0.124. The summed E-state index contributed by atoms with van der Waals surface area (Å²) in [4.78, 5) is 28.5. The Morgan fingerprint density at radius 3 is 2.62 bits per heavy atom. The fourth-order valence-electron chi connectivity index (χ4n) is 3.53. The minimum absolute atomic E-state index is 0. The number of nitrogens with one attached hydrogen (secondary N) is 3. The van der Waals surface area contributed by atoms with Crippen LogP contribution in [0.25, 0.3) is 0 Å². The highest BCUT2D eigenvalue weighted by atomic mass is 127. The third-order valence-corrected chi connectivity index (χ3v) is 5.06. The molecule has 9 heteroatoms. The maximum atomic E-state index is 11.6. The van der Waals surface area contributed by atoms with Crippen molar-refractivity contribution in [2.75, 3.05) is 46.4 Å². The van der Waals surface area contributed by atoms with E-state index in [1.165, 1.54) is 30.6 Å². The number of nitrogens with zero attached hydrogens (tertiary/aromatic N) is 2. The average Bonchev–Trinajstić information content (AvgIpc) is 3.20. The van der Waals surface area contributed by atoms with Crippen LogP contribution in [0.4, 0.5) is 4.79 Å². The molecule has 1 heterocycles. The number of ether oxygens (including phenoxy) is 1. The lowest BCUT2D eigenvalue weighted by Crippen LogP contribution is -2.46. The molecule has 26 heavy (non-hydrogen) atoms. The molecule has 8 nitrogen and oxygen atoms in total. The molecule has 2 rings (SSSR count). The molecule has 0 bridgehead atoms. The summed E-state index contributed by atoms with van der Waals surface area (Å²) >= 11 is 0.